The molecule has 2 aromatic heterocycles. The number of nitrogens with one attached hydrogen (secondary N) is 1. The zero-order valence-electron chi connectivity index (χ0n) is 14.7. The number of nitrogens with zero attached hydrogens (tertiary/aromatic N) is 2. The van der Waals surface area contributed by atoms with Gasteiger partial charge in [-0.25, -0.2) is 0 Å². The number of hydrogen-bond donors (Lipinski definition) is 1. The van der Waals surface area contributed by atoms with E-state index in [2.05, 4.69) is 27.7 Å². The van der Waals surface area contributed by atoms with Gasteiger partial charge in [0.1, 0.15) is 0 Å². The Morgan fingerprint density at radius 3 is 2.42 bits per heavy atom. The van der Waals surface area contributed by atoms with Crippen LogP contribution in [0, 0.1) is 0 Å². The van der Waals surface area contributed by atoms with Crippen molar-refractivity contribution in [2.45, 2.75) is 18.9 Å². The van der Waals surface area contributed by atoms with Gasteiger partial charge in [0.25, 0.3) is 5.91 Å². The Kier molecular flexibility index (Phi) is 5.18. The average Bonchev–Trinajstić information content (AvgIpc) is 3.45. The molecule has 1 unspecified atom stereocenters. The lowest BCUT2D eigenvalue weighted by atomic mass is 10.1. The van der Waals surface area contributed by atoms with E-state index in [0.29, 0.717) is 12.1 Å². The number of thiophene rings is 1. The van der Waals surface area contributed by atoms with Gasteiger partial charge in [-0.05, 0) is 73.8 Å². The fourth-order valence-electron chi connectivity index (χ4n) is 3.53. The topological polar surface area (TPSA) is 37.3 Å². The molecule has 1 aliphatic heterocycles. The third kappa shape index (κ3) is 3.74. The largest absolute Gasteiger partial charge is 0.350 e. The maximum Gasteiger partial charge on any atom is 0.251 e. The van der Waals surface area contributed by atoms with Gasteiger partial charge in [-0.2, -0.15) is 0 Å². The fraction of sp³-hybridized carbons (Fsp3) is 0.286. The minimum absolute atomic E-state index is 0.00944. The van der Waals surface area contributed by atoms with Crippen LogP contribution in [0.15, 0.2) is 66.3 Å². The molecule has 0 radical (unpaired) electrons. The van der Waals surface area contributed by atoms with Crippen LogP contribution in [-0.2, 0) is 0 Å². The molecule has 5 heteroatoms. The molecule has 0 bridgehead atoms. The van der Waals surface area contributed by atoms with E-state index in [0.717, 1.165) is 18.8 Å². The average molecular weight is 366 g/mol. The van der Waals surface area contributed by atoms with Crippen molar-refractivity contribution >= 4 is 17.2 Å². The predicted octanol–water partition coefficient (Wildman–Crippen LogP) is 4.11. The number of hydrogen-bond acceptors (Lipinski definition) is 3. The zero-order valence-corrected chi connectivity index (χ0v) is 15.5. The van der Waals surface area contributed by atoms with Crippen molar-refractivity contribution in [2.24, 2.45) is 0 Å². The number of aromatic nitrogens is 1. The summed E-state index contributed by atoms with van der Waals surface area (Å²) in [5.74, 6) is -0.00944. The molecule has 0 saturated carbocycles. The van der Waals surface area contributed by atoms with E-state index in [1.165, 1.54) is 17.7 Å². The number of rotatable bonds is 6. The summed E-state index contributed by atoms with van der Waals surface area (Å²) >= 11 is 1.77. The summed E-state index contributed by atoms with van der Waals surface area (Å²) in [5.41, 5.74) is 1.76. The lowest BCUT2D eigenvalue weighted by Crippen LogP contribution is -2.36. The van der Waals surface area contributed by atoms with E-state index in [-0.39, 0.29) is 11.9 Å². The molecule has 0 aliphatic carbocycles. The maximum absolute atomic E-state index is 12.6. The standard InChI is InChI=1S/C21H23N3OS/c25-21(17-7-9-18(10-8-17)23-11-1-2-12-23)22-16-19(20-6-5-15-26-20)24-13-3-4-14-24/h1-2,5-12,15,19H,3-4,13-14,16H2,(H,22,25). The third-order valence-corrected chi connectivity index (χ3v) is 5.91. The number of carbonyl (C=O) groups excluding carboxylic acids is 1. The van der Waals surface area contributed by atoms with Crippen LogP contribution in [0.2, 0.25) is 0 Å². The molecule has 1 aliphatic rings. The van der Waals surface area contributed by atoms with Gasteiger partial charge in [0, 0.05) is 35.1 Å². The molecule has 1 N–H and O–H groups in total. The van der Waals surface area contributed by atoms with Crippen LogP contribution in [-0.4, -0.2) is 35.0 Å². The smallest absolute Gasteiger partial charge is 0.251 e. The molecular formula is C21H23N3OS. The molecule has 1 fully saturated rings. The van der Waals surface area contributed by atoms with Gasteiger partial charge in [0.15, 0.2) is 0 Å². The lowest BCUT2D eigenvalue weighted by Gasteiger charge is -2.27. The van der Waals surface area contributed by atoms with E-state index in [4.69, 9.17) is 0 Å². The predicted molar refractivity (Wildman–Crippen MR) is 106 cm³/mol. The van der Waals surface area contributed by atoms with Gasteiger partial charge in [-0.15, -0.1) is 11.3 Å². The van der Waals surface area contributed by atoms with Crippen molar-refractivity contribution in [3.8, 4) is 5.69 Å². The molecule has 3 aromatic rings. The van der Waals surface area contributed by atoms with E-state index < -0.39 is 0 Å². The van der Waals surface area contributed by atoms with Gasteiger partial charge >= 0.3 is 0 Å². The first kappa shape index (κ1) is 17.1. The van der Waals surface area contributed by atoms with Crippen molar-refractivity contribution in [1.82, 2.24) is 14.8 Å². The van der Waals surface area contributed by atoms with Crippen molar-refractivity contribution in [3.63, 3.8) is 0 Å². The molecule has 0 spiro atoms. The molecular weight excluding hydrogens is 342 g/mol. The van der Waals surface area contributed by atoms with Gasteiger partial charge in [-0.1, -0.05) is 6.07 Å². The number of likely N-dealkylation sites (tertiary alicyclic amines) is 1. The molecule has 1 amide bonds. The first-order valence-electron chi connectivity index (χ1n) is 9.10. The van der Waals surface area contributed by atoms with E-state index in [9.17, 15) is 4.79 Å². The molecule has 4 nitrogen and oxygen atoms in total. The van der Waals surface area contributed by atoms with Gasteiger partial charge in [0.05, 0.1) is 6.04 Å². The molecule has 1 aromatic carbocycles. The quantitative estimate of drug-likeness (QED) is 0.714. The van der Waals surface area contributed by atoms with E-state index in [1.54, 1.807) is 11.3 Å². The highest BCUT2D eigenvalue weighted by molar-refractivity contribution is 7.10. The minimum Gasteiger partial charge on any atom is -0.350 e. The van der Waals surface area contributed by atoms with Crippen LogP contribution in [0.3, 0.4) is 0 Å². The molecule has 3 heterocycles. The number of amides is 1. The SMILES string of the molecule is O=C(NCC(c1cccs1)N1CCCC1)c1ccc(-n2cccc2)cc1. The van der Waals surface area contributed by atoms with Crippen LogP contribution in [0.5, 0.6) is 0 Å². The Morgan fingerprint density at radius 2 is 1.77 bits per heavy atom. The molecule has 26 heavy (non-hydrogen) atoms. The summed E-state index contributed by atoms with van der Waals surface area (Å²) in [6, 6.07) is 16.3. The van der Waals surface area contributed by atoms with Crippen LogP contribution in [0.25, 0.3) is 5.69 Å². The summed E-state index contributed by atoms with van der Waals surface area (Å²) in [5, 5.41) is 5.25. The summed E-state index contributed by atoms with van der Waals surface area (Å²) in [7, 11) is 0. The second-order valence-electron chi connectivity index (χ2n) is 6.62. The Morgan fingerprint density at radius 1 is 1.04 bits per heavy atom. The van der Waals surface area contributed by atoms with Gasteiger partial charge in [-0.3, -0.25) is 9.69 Å². The first-order valence-corrected chi connectivity index (χ1v) is 9.98. The molecule has 1 atom stereocenters. The van der Waals surface area contributed by atoms with Crippen LogP contribution in [0.1, 0.15) is 34.1 Å². The second-order valence-corrected chi connectivity index (χ2v) is 7.60. The van der Waals surface area contributed by atoms with Crippen molar-refractivity contribution < 1.29 is 4.79 Å². The molecule has 1 saturated heterocycles. The van der Waals surface area contributed by atoms with Crippen molar-refractivity contribution in [1.29, 1.82) is 0 Å². The highest BCUT2D eigenvalue weighted by Crippen LogP contribution is 2.27. The summed E-state index contributed by atoms with van der Waals surface area (Å²) in [6.45, 7) is 2.88. The Bertz CT molecular complexity index is 819. The zero-order chi connectivity index (χ0) is 17.8. The van der Waals surface area contributed by atoms with Crippen LogP contribution in [0.4, 0.5) is 0 Å². The second kappa shape index (κ2) is 7.89. The summed E-state index contributed by atoms with van der Waals surface area (Å²) < 4.78 is 2.03. The van der Waals surface area contributed by atoms with Crippen LogP contribution < -0.4 is 5.32 Å². The Balaban J connectivity index is 1.42. The fourth-order valence-corrected chi connectivity index (χ4v) is 4.39. The number of carbonyl (C=O) groups is 1. The lowest BCUT2D eigenvalue weighted by molar-refractivity contribution is 0.0938. The molecule has 134 valence electrons. The Labute approximate surface area is 158 Å². The van der Waals surface area contributed by atoms with E-state index >= 15 is 0 Å². The summed E-state index contributed by atoms with van der Waals surface area (Å²) in [6.07, 6.45) is 6.49. The highest BCUT2D eigenvalue weighted by atomic mass is 32.1. The number of benzene rings is 1. The monoisotopic (exact) mass is 365 g/mol. The van der Waals surface area contributed by atoms with Crippen molar-refractivity contribution in [3.05, 3.63) is 76.7 Å². The normalized spacial score (nSPS) is 15.8. The van der Waals surface area contributed by atoms with Gasteiger partial charge in [0.2, 0.25) is 0 Å². The minimum atomic E-state index is -0.00944. The maximum atomic E-state index is 12.6. The first-order chi connectivity index (χ1) is 12.8. The molecule has 4 rings (SSSR count). The van der Waals surface area contributed by atoms with Crippen LogP contribution >= 0.6 is 11.3 Å². The Hall–Kier alpha value is -2.37. The van der Waals surface area contributed by atoms with E-state index in [1.807, 2.05) is 53.4 Å². The highest BCUT2D eigenvalue weighted by Gasteiger charge is 2.24. The third-order valence-electron chi connectivity index (χ3n) is 4.94. The van der Waals surface area contributed by atoms with Crippen molar-refractivity contribution in [2.75, 3.05) is 19.6 Å². The summed E-state index contributed by atoms with van der Waals surface area (Å²) in [4.78, 5) is 16.4. The van der Waals surface area contributed by atoms with Gasteiger partial charge < -0.3 is 9.88 Å².